The van der Waals surface area contributed by atoms with Crippen molar-refractivity contribution < 1.29 is 28.6 Å². The van der Waals surface area contributed by atoms with E-state index in [2.05, 4.69) is 5.32 Å². The molecule has 0 aromatic heterocycles. The van der Waals surface area contributed by atoms with Crippen LogP contribution in [-0.2, 0) is 23.8 Å². The van der Waals surface area contributed by atoms with E-state index in [4.69, 9.17) is 19.9 Å². The summed E-state index contributed by atoms with van der Waals surface area (Å²) >= 11 is 0. The van der Waals surface area contributed by atoms with Gasteiger partial charge in [0.2, 0.25) is 0 Å². The zero-order valence-corrected chi connectivity index (χ0v) is 15.2. The number of rotatable bonds is 9. The highest BCUT2D eigenvalue weighted by Crippen LogP contribution is 2.10. The van der Waals surface area contributed by atoms with E-state index in [1.165, 1.54) is 0 Å². The maximum atomic E-state index is 11.9. The van der Waals surface area contributed by atoms with Crippen molar-refractivity contribution >= 4 is 18.0 Å². The first kappa shape index (κ1) is 22.2. The van der Waals surface area contributed by atoms with Crippen LogP contribution in [0.1, 0.15) is 53.9 Å². The van der Waals surface area contributed by atoms with Crippen LogP contribution in [0.3, 0.4) is 0 Å². The average molecular weight is 346 g/mol. The minimum atomic E-state index is -0.853. The van der Waals surface area contributed by atoms with E-state index >= 15 is 0 Å². The summed E-state index contributed by atoms with van der Waals surface area (Å²) in [6.07, 6.45) is 0.366. The molecule has 0 aromatic carbocycles. The van der Waals surface area contributed by atoms with Crippen molar-refractivity contribution in [2.24, 2.45) is 5.73 Å². The zero-order chi connectivity index (χ0) is 18.8. The summed E-state index contributed by atoms with van der Waals surface area (Å²) in [5.74, 6) is -1.03. The van der Waals surface area contributed by atoms with E-state index in [1.54, 1.807) is 34.6 Å². The normalized spacial score (nSPS) is 13.6. The Bertz CT molecular complexity index is 419. The van der Waals surface area contributed by atoms with Crippen molar-refractivity contribution in [3.8, 4) is 0 Å². The van der Waals surface area contributed by atoms with Gasteiger partial charge in [-0.25, -0.2) is 9.59 Å². The molecule has 0 bridgehead atoms. The smallest absolute Gasteiger partial charge is 0.408 e. The molecule has 3 N–H and O–H groups in total. The molecule has 0 fully saturated rings. The predicted octanol–water partition coefficient (Wildman–Crippen LogP) is 1.50. The summed E-state index contributed by atoms with van der Waals surface area (Å²) in [5.41, 5.74) is 5.03. The third kappa shape index (κ3) is 10.0. The van der Waals surface area contributed by atoms with Gasteiger partial charge in [-0.2, -0.15) is 0 Å². The zero-order valence-electron chi connectivity index (χ0n) is 15.2. The molecule has 24 heavy (non-hydrogen) atoms. The molecule has 0 aliphatic heterocycles. The van der Waals surface area contributed by atoms with E-state index in [1.807, 2.05) is 0 Å². The lowest BCUT2D eigenvalue weighted by Gasteiger charge is -2.23. The van der Waals surface area contributed by atoms with Gasteiger partial charge in [-0.1, -0.05) is 0 Å². The Morgan fingerprint density at radius 1 is 1.00 bits per heavy atom. The monoisotopic (exact) mass is 346 g/mol. The molecule has 0 radical (unpaired) electrons. The molecular weight excluding hydrogens is 316 g/mol. The van der Waals surface area contributed by atoms with Crippen LogP contribution in [0.15, 0.2) is 0 Å². The van der Waals surface area contributed by atoms with Crippen molar-refractivity contribution in [2.45, 2.75) is 71.6 Å². The molecule has 0 saturated carbocycles. The molecule has 0 saturated heterocycles. The van der Waals surface area contributed by atoms with Gasteiger partial charge in [-0.3, -0.25) is 4.79 Å². The topological polar surface area (TPSA) is 117 Å². The number of hydrogen-bond donors (Lipinski definition) is 2. The molecule has 140 valence electrons. The van der Waals surface area contributed by atoms with Crippen LogP contribution in [0.4, 0.5) is 4.79 Å². The Kier molecular flexibility index (Phi) is 10.0. The lowest BCUT2D eigenvalue weighted by molar-refractivity contribution is -0.145. The molecule has 1 amide bonds. The Hall–Kier alpha value is -1.83. The van der Waals surface area contributed by atoms with Crippen LogP contribution in [0, 0.1) is 0 Å². The quantitative estimate of drug-likeness (QED) is 0.480. The Morgan fingerprint density at radius 3 is 2.04 bits per heavy atom. The van der Waals surface area contributed by atoms with Gasteiger partial charge < -0.3 is 25.3 Å². The van der Waals surface area contributed by atoms with Gasteiger partial charge in [0, 0.05) is 0 Å². The molecule has 0 rings (SSSR count). The fourth-order valence-corrected chi connectivity index (χ4v) is 1.85. The summed E-state index contributed by atoms with van der Waals surface area (Å²) in [5, 5.41) is 2.49. The van der Waals surface area contributed by atoms with Crippen LogP contribution in [0.2, 0.25) is 0 Å². The van der Waals surface area contributed by atoms with Crippen LogP contribution in [0.5, 0.6) is 0 Å². The first-order chi connectivity index (χ1) is 11.1. The maximum absolute atomic E-state index is 11.9. The number of esters is 2. The number of carbonyl (C=O) groups excluding carboxylic acids is 3. The highest BCUT2D eigenvalue weighted by Gasteiger charge is 2.25. The average Bonchev–Trinajstić information content (AvgIpc) is 2.44. The standard InChI is InChI=1S/C16H30N2O6/c1-6-22-13(19)11(17)9-8-10-12(14(20)23-7-2)18-15(21)24-16(3,4)5/h11-12H,6-10,17H2,1-5H3,(H,18,21). The van der Waals surface area contributed by atoms with E-state index in [-0.39, 0.29) is 19.6 Å². The highest BCUT2D eigenvalue weighted by atomic mass is 16.6. The van der Waals surface area contributed by atoms with Crippen molar-refractivity contribution in [2.75, 3.05) is 13.2 Å². The van der Waals surface area contributed by atoms with Crippen LogP contribution in [0.25, 0.3) is 0 Å². The molecule has 0 aliphatic carbocycles. The fraction of sp³-hybridized carbons (Fsp3) is 0.812. The van der Waals surface area contributed by atoms with Gasteiger partial charge in [-0.15, -0.1) is 0 Å². The third-order valence-corrected chi connectivity index (χ3v) is 2.86. The minimum Gasteiger partial charge on any atom is -0.465 e. The highest BCUT2D eigenvalue weighted by molar-refractivity contribution is 5.81. The van der Waals surface area contributed by atoms with E-state index < -0.39 is 35.7 Å². The first-order valence-corrected chi connectivity index (χ1v) is 8.19. The van der Waals surface area contributed by atoms with Gasteiger partial charge in [-0.05, 0) is 53.9 Å². The summed E-state index contributed by atoms with van der Waals surface area (Å²) in [4.78, 5) is 35.2. The van der Waals surface area contributed by atoms with Crippen LogP contribution in [-0.4, -0.2) is 48.9 Å². The number of nitrogens with two attached hydrogens (primary N) is 1. The molecule has 2 unspecified atom stereocenters. The van der Waals surface area contributed by atoms with Gasteiger partial charge in [0.25, 0.3) is 0 Å². The van der Waals surface area contributed by atoms with Crippen LogP contribution < -0.4 is 11.1 Å². The number of alkyl carbamates (subject to hydrolysis) is 1. The summed E-state index contributed by atoms with van der Waals surface area (Å²) < 4.78 is 14.9. The van der Waals surface area contributed by atoms with Crippen LogP contribution >= 0.6 is 0 Å². The Balaban J connectivity index is 4.54. The molecule has 8 heteroatoms. The molecule has 0 aliphatic rings. The Labute approximate surface area is 143 Å². The molecule has 0 heterocycles. The fourth-order valence-electron chi connectivity index (χ4n) is 1.85. The summed E-state index contributed by atoms with van der Waals surface area (Å²) in [6, 6.07) is -1.61. The summed E-state index contributed by atoms with van der Waals surface area (Å²) in [6.45, 7) is 9.02. The minimum absolute atomic E-state index is 0.202. The van der Waals surface area contributed by atoms with Crippen molar-refractivity contribution in [3.63, 3.8) is 0 Å². The predicted molar refractivity (Wildman–Crippen MR) is 88.3 cm³/mol. The number of amides is 1. The van der Waals surface area contributed by atoms with E-state index in [9.17, 15) is 14.4 Å². The van der Waals surface area contributed by atoms with Crippen molar-refractivity contribution in [1.29, 1.82) is 0 Å². The first-order valence-electron chi connectivity index (χ1n) is 8.19. The van der Waals surface area contributed by atoms with Crippen molar-refractivity contribution in [3.05, 3.63) is 0 Å². The lowest BCUT2D eigenvalue weighted by atomic mass is 10.1. The lowest BCUT2D eigenvalue weighted by Crippen LogP contribution is -2.44. The third-order valence-electron chi connectivity index (χ3n) is 2.86. The number of ether oxygens (including phenoxy) is 3. The maximum Gasteiger partial charge on any atom is 0.408 e. The second-order valence-corrected chi connectivity index (χ2v) is 6.24. The van der Waals surface area contributed by atoms with Gasteiger partial charge in [0.15, 0.2) is 0 Å². The molecule has 8 nitrogen and oxygen atoms in total. The molecule has 2 atom stereocenters. The summed E-state index contributed by atoms with van der Waals surface area (Å²) in [7, 11) is 0. The SMILES string of the molecule is CCOC(=O)C(N)CCCC(NC(=O)OC(C)(C)C)C(=O)OCC. The number of hydrogen-bond acceptors (Lipinski definition) is 7. The largest absolute Gasteiger partial charge is 0.465 e. The molecule has 0 aromatic rings. The second-order valence-electron chi connectivity index (χ2n) is 6.24. The second kappa shape index (κ2) is 10.9. The molecule has 0 spiro atoms. The van der Waals surface area contributed by atoms with Gasteiger partial charge in [0.1, 0.15) is 17.7 Å². The number of nitrogens with one attached hydrogen (secondary N) is 1. The Morgan fingerprint density at radius 2 is 1.54 bits per heavy atom. The van der Waals surface area contributed by atoms with E-state index in [0.717, 1.165) is 0 Å². The van der Waals surface area contributed by atoms with Gasteiger partial charge in [0.05, 0.1) is 13.2 Å². The number of carbonyl (C=O) groups is 3. The van der Waals surface area contributed by atoms with E-state index in [0.29, 0.717) is 12.8 Å². The van der Waals surface area contributed by atoms with Gasteiger partial charge >= 0.3 is 18.0 Å². The van der Waals surface area contributed by atoms with Crippen molar-refractivity contribution in [1.82, 2.24) is 5.32 Å². The molecular formula is C16H30N2O6.